The summed E-state index contributed by atoms with van der Waals surface area (Å²) in [6.45, 7) is 1.99. The third kappa shape index (κ3) is 2.22. The summed E-state index contributed by atoms with van der Waals surface area (Å²) in [7, 11) is 0. The lowest BCUT2D eigenvalue weighted by Crippen LogP contribution is -2.01. The topological polar surface area (TPSA) is 75.6 Å². The Hall–Kier alpha value is -2.06. The highest BCUT2D eigenvalue weighted by Gasteiger charge is 2.12. The molecule has 17 heavy (non-hydrogen) atoms. The van der Waals surface area contributed by atoms with Gasteiger partial charge < -0.3 is 5.73 Å². The highest BCUT2D eigenvalue weighted by atomic mass is 32.1. The normalized spacial score (nSPS) is 9.94. The second kappa shape index (κ2) is 4.44. The van der Waals surface area contributed by atoms with E-state index in [0.717, 1.165) is 11.1 Å². The molecule has 0 saturated carbocycles. The number of aryl methyl sites for hydroxylation is 1. The minimum absolute atomic E-state index is 0.156. The fourth-order valence-electron chi connectivity index (χ4n) is 1.50. The van der Waals surface area contributed by atoms with Crippen LogP contribution in [0, 0.1) is 18.3 Å². The lowest BCUT2D eigenvalue weighted by Gasteiger charge is -2.06. The summed E-state index contributed by atoms with van der Waals surface area (Å²) < 4.78 is 0. The van der Waals surface area contributed by atoms with Gasteiger partial charge >= 0.3 is 0 Å². The van der Waals surface area contributed by atoms with Crippen LogP contribution in [0.5, 0.6) is 0 Å². The number of rotatable bonds is 1. The smallest absolute Gasteiger partial charge is 0.187 e. The Morgan fingerprint density at radius 1 is 1.24 bits per heavy atom. The number of nitriles is 1. The van der Waals surface area contributed by atoms with Crippen LogP contribution in [0.25, 0.3) is 11.3 Å². The maximum atomic E-state index is 9.07. The minimum atomic E-state index is 0.156. The summed E-state index contributed by atoms with van der Waals surface area (Å²) in [5, 5.41) is 9.33. The van der Waals surface area contributed by atoms with Crippen LogP contribution < -0.4 is 5.73 Å². The maximum Gasteiger partial charge on any atom is 0.187 e. The molecule has 2 N–H and O–H groups in total. The Bertz CT molecular complexity index is 599. The van der Waals surface area contributed by atoms with Gasteiger partial charge in [-0.1, -0.05) is 29.8 Å². The molecule has 0 aliphatic rings. The van der Waals surface area contributed by atoms with Crippen LogP contribution in [0.4, 0.5) is 5.82 Å². The molecule has 0 bridgehead atoms. The standard InChI is InChI=1S/C12H10N4S/c1-7-2-4-8(5-3-7)10-9(6-13)11(14)16-12(17)15-10/h2-5H,1H3,(H3,14,15,16,17). The Kier molecular flexibility index (Phi) is 2.98. The second-order valence-corrected chi connectivity index (χ2v) is 4.01. The molecular weight excluding hydrogens is 232 g/mol. The van der Waals surface area contributed by atoms with E-state index in [2.05, 4.69) is 22.6 Å². The summed E-state index contributed by atoms with van der Waals surface area (Å²) in [6.07, 6.45) is 0. The van der Waals surface area contributed by atoms with E-state index < -0.39 is 0 Å². The first-order valence-corrected chi connectivity index (χ1v) is 5.40. The molecule has 1 heterocycles. The number of nitrogens with zero attached hydrogens (tertiary/aromatic N) is 3. The Morgan fingerprint density at radius 2 is 1.88 bits per heavy atom. The van der Waals surface area contributed by atoms with Gasteiger partial charge in [0.15, 0.2) is 5.16 Å². The molecule has 0 aliphatic heterocycles. The fraction of sp³-hybridized carbons (Fsp3) is 0.0833. The van der Waals surface area contributed by atoms with E-state index >= 15 is 0 Å². The van der Waals surface area contributed by atoms with E-state index in [-0.39, 0.29) is 16.5 Å². The van der Waals surface area contributed by atoms with Gasteiger partial charge in [-0.15, -0.1) is 12.6 Å². The predicted molar refractivity (Wildman–Crippen MR) is 68.6 cm³/mol. The van der Waals surface area contributed by atoms with Crippen molar-refractivity contribution in [2.75, 3.05) is 5.73 Å². The highest BCUT2D eigenvalue weighted by molar-refractivity contribution is 7.80. The molecule has 0 spiro atoms. The SMILES string of the molecule is Cc1ccc(-c2nc(S)nc(N)c2C#N)cc1. The average Bonchev–Trinajstić information content (AvgIpc) is 2.29. The van der Waals surface area contributed by atoms with E-state index in [9.17, 15) is 0 Å². The third-order valence-electron chi connectivity index (χ3n) is 2.36. The van der Waals surface area contributed by atoms with E-state index in [0.29, 0.717) is 5.69 Å². The monoisotopic (exact) mass is 242 g/mol. The molecule has 0 atom stereocenters. The van der Waals surface area contributed by atoms with Crippen molar-refractivity contribution in [1.29, 1.82) is 5.26 Å². The molecule has 0 fully saturated rings. The first-order chi connectivity index (χ1) is 8.11. The van der Waals surface area contributed by atoms with E-state index in [1.54, 1.807) is 0 Å². The zero-order valence-corrected chi connectivity index (χ0v) is 10.1. The van der Waals surface area contributed by atoms with E-state index in [1.165, 1.54) is 0 Å². The molecule has 0 unspecified atom stereocenters. The first-order valence-electron chi connectivity index (χ1n) is 4.95. The number of nitrogen functional groups attached to an aromatic ring is 1. The van der Waals surface area contributed by atoms with Crippen molar-refractivity contribution in [3.63, 3.8) is 0 Å². The molecule has 5 heteroatoms. The van der Waals surface area contributed by atoms with Crippen molar-refractivity contribution in [3.05, 3.63) is 35.4 Å². The van der Waals surface area contributed by atoms with Gasteiger partial charge in [-0.25, -0.2) is 9.97 Å². The summed E-state index contributed by atoms with van der Waals surface area (Å²) in [5.41, 5.74) is 8.45. The van der Waals surface area contributed by atoms with Crippen molar-refractivity contribution in [2.24, 2.45) is 0 Å². The van der Waals surface area contributed by atoms with Gasteiger partial charge in [-0.05, 0) is 6.92 Å². The molecular formula is C12H10N4S. The van der Waals surface area contributed by atoms with Crippen molar-refractivity contribution >= 4 is 18.4 Å². The van der Waals surface area contributed by atoms with Crippen molar-refractivity contribution in [2.45, 2.75) is 12.1 Å². The van der Waals surface area contributed by atoms with Gasteiger partial charge in [-0.2, -0.15) is 5.26 Å². The summed E-state index contributed by atoms with van der Waals surface area (Å²) in [4.78, 5) is 8.01. The van der Waals surface area contributed by atoms with Gasteiger partial charge in [-0.3, -0.25) is 0 Å². The molecule has 2 aromatic rings. The zero-order valence-electron chi connectivity index (χ0n) is 9.18. The molecule has 84 valence electrons. The Balaban J connectivity index is 2.66. The van der Waals surface area contributed by atoms with Crippen molar-refractivity contribution in [3.8, 4) is 17.3 Å². The Labute approximate surface area is 105 Å². The lowest BCUT2D eigenvalue weighted by atomic mass is 10.1. The van der Waals surface area contributed by atoms with E-state index in [4.69, 9.17) is 11.0 Å². The van der Waals surface area contributed by atoms with Crippen LogP contribution in [-0.4, -0.2) is 9.97 Å². The molecule has 1 aromatic heterocycles. The fourth-order valence-corrected chi connectivity index (χ4v) is 1.70. The molecule has 0 amide bonds. The van der Waals surface area contributed by atoms with Crippen LogP contribution in [-0.2, 0) is 0 Å². The van der Waals surface area contributed by atoms with Crippen LogP contribution in [0.15, 0.2) is 29.4 Å². The highest BCUT2D eigenvalue weighted by Crippen LogP contribution is 2.25. The lowest BCUT2D eigenvalue weighted by molar-refractivity contribution is 0.983. The number of hydrogen-bond donors (Lipinski definition) is 2. The number of thiol groups is 1. The summed E-state index contributed by atoms with van der Waals surface area (Å²) in [6, 6.07) is 9.71. The number of nitrogens with two attached hydrogens (primary N) is 1. The van der Waals surface area contributed by atoms with Crippen LogP contribution in [0.1, 0.15) is 11.1 Å². The molecule has 2 rings (SSSR count). The summed E-state index contributed by atoms with van der Waals surface area (Å²) in [5.74, 6) is 0.156. The molecule has 4 nitrogen and oxygen atoms in total. The molecule has 0 aliphatic carbocycles. The summed E-state index contributed by atoms with van der Waals surface area (Å²) >= 11 is 4.07. The van der Waals surface area contributed by atoms with E-state index in [1.807, 2.05) is 37.3 Å². The van der Waals surface area contributed by atoms with Crippen LogP contribution in [0.3, 0.4) is 0 Å². The van der Waals surface area contributed by atoms with Crippen LogP contribution >= 0.6 is 12.6 Å². The van der Waals surface area contributed by atoms with Crippen LogP contribution in [0.2, 0.25) is 0 Å². The number of benzene rings is 1. The molecule has 1 aromatic carbocycles. The molecule has 0 radical (unpaired) electrons. The van der Waals surface area contributed by atoms with Gasteiger partial charge in [0.25, 0.3) is 0 Å². The maximum absolute atomic E-state index is 9.07. The minimum Gasteiger partial charge on any atom is -0.382 e. The number of aromatic nitrogens is 2. The van der Waals surface area contributed by atoms with Crippen molar-refractivity contribution < 1.29 is 0 Å². The number of hydrogen-bond acceptors (Lipinski definition) is 5. The Morgan fingerprint density at radius 3 is 2.47 bits per heavy atom. The first kappa shape index (κ1) is 11.4. The van der Waals surface area contributed by atoms with Gasteiger partial charge in [0, 0.05) is 5.56 Å². The largest absolute Gasteiger partial charge is 0.382 e. The average molecular weight is 242 g/mol. The third-order valence-corrected chi connectivity index (χ3v) is 2.56. The number of anilines is 1. The van der Waals surface area contributed by atoms with Gasteiger partial charge in [0.05, 0.1) is 5.69 Å². The van der Waals surface area contributed by atoms with Crippen molar-refractivity contribution in [1.82, 2.24) is 9.97 Å². The zero-order chi connectivity index (χ0) is 12.4. The second-order valence-electron chi connectivity index (χ2n) is 3.61. The predicted octanol–water partition coefficient (Wildman–Crippen LogP) is 2.19. The van der Waals surface area contributed by atoms with Gasteiger partial charge in [0.1, 0.15) is 17.5 Å². The van der Waals surface area contributed by atoms with Gasteiger partial charge in [0.2, 0.25) is 0 Å². The quantitative estimate of drug-likeness (QED) is 0.593. The molecule has 0 saturated heterocycles.